The van der Waals surface area contributed by atoms with E-state index in [2.05, 4.69) is 27.1 Å². The van der Waals surface area contributed by atoms with Gasteiger partial charge in [0.05, 0.1) is 23.0 Å². The van der Waals surface area contributed by atoms with Gasteiger partial charge in [0.15, 0.2) is 0 Å². The molecule has 0 amide bonds. The fraction of sp³-hybridized carbons (Fsp3) is 0.438. The van der Waals surface area contributed by atoms with Crippen LogP contribution in [0.3, 0.4) is 0 Å². The second-order valence-corrected chi connectivity index (χ2v) is 6.07. The zero-order valence-corrected chi connectivity index (χ0v) is 14.2. The SMILES string of the molecule is COc1cccc(CC(CO)Cc2c(Br)c(C)nn2C)c1. The van der Waals surface area contributed by atoms with Crippen LogP contribution in [0.1, 0.15) is 17.0 Å². The summed E-state index contributed by atoms with van der Waals surface area (Å²) in [7, 11) is 3.60. The van der Waals surface area contributed by atoms with Crippen LogP contribution in [-0.2, 0) is 19.9 Å². The summed E-state index contributed by atoms with van der Waals surface area (Å²) in [5.74, 6) is 1.00. The van der Waals surface area contributed by atoms with E-state index in [0.29, 0.717) is 0 Å². The minimum Gasteiger partial charge on any atom is -0.497 e. The molecule has 1 aromatic carbocycles. The number of aliphatic hydroxyl groups is 1. The second kappa shape index (κ2) is 7.09. The lowest BCUT2D eigenvalue weighted by Gasteiger charge is -2.15. The number of methoxy groups -OCH3 is 1. The first kappa shape index (κ1) is 16.0. The molecule has 114 valence electrons. The van der Waals surface area contributed by atoms with Crippen LogP contribution < -0.4 is 4.74 Å². The largest absolute Gasteiger partial charge is 0.497 e. The molecule has 0 aliphatic rings. The van der Waals surface area contributed by atoms with Gasteiger partial charge in [-0.05, 0) is 59.3 Å². The van der Waals surface area contributed by atoms with E-state index in [1.54, 1.807) is 7.11 Å². The molecule has 2 aromatic rings. The summed E-state index contributed by atoms with van der Waals surface area (Å²) in [4.78, 5) is 0. The van der Waals surface area contributed by atoms with Gasteiger partial charge >= 0.3 is 0 Å². The molecular formula is C16H21BrN2O2. The van der Waals surface area contributed by atoms with Crippen molar-refractivity contribution in [3.05, 3.63) is 45.7 Å². The predicted molar refractivity (Wildman–Crippen MR) is 86.6 cm³/mol. The third-order valence-corrected chi connectivity index (χ3v) is 4.69. The van der Waals surface area contributed by atoms with Crippen LogP contribution in [0.5, 0.6) is 5.75 Å². The van der Waals surface area contributed by atoms with E-state index in [9.17, 15) is 5.11 Å². The van der Waals surface area contributed by atoms with Gasteiger partial charge in [0.1, 0.15) is 5.75 Å². The molecule has 0 saturated heterocycles. The number of hydrogen-bond donors (Lipinski definition) is 1. The van der Waals surface area contributed by atoms with Gasteiger partial charge in [0, 0.05) is 13.7 Å². The Balaban J connectivity index is 2.13. The molecule has 0 radical (unpaired) electrons. The van der Waals surface area contributed by atoms with E-state index < -0.39 is 0 Å². The zero-order valence-electron chi connectivity index (χ0n) is 12.6. The Morgan fingerprint density at radius 2 is 2.14 bits per heavy atom. The number of benzene rings is 1. The van der Waals surface area contributed by atoms with E-state index in [0.717, 1.165) is 34.5 Å². The number of hydrogen-bond acceptors (Lipinski definition) is 3. The Morgan fingerprint density at radius 3 is 2.71 bits per heavy atom. The maximum atomic E-state index is 9.69. The van der Waals surface area contributed by atoms with E-state index in [4.69, 9.17) is 4.74 Å². The molecule has 1 N–H and O–H groups in total. The van der Waals surface area contributed by atoms with Gasteiger partial charge in [-0.1, -0.05) is 12.1 Å². The number of rotatable bonds is 6. The first-order valence-electron chi connectivity index (χ1n) is 6.97. The Bertz CT molecular complexity index is 610. The Labute approximate surface area is 133 Å². The summed E-state index contributed by atoms with van der Waals surface area (Å²) >= 11 is 3.58. The van der Waals surface area contributed by atoms with Crippen LogP contribution >= 0.6 is 15.9 Å². The van der Waals surface area contributed by atoms with Crippen molar-refractivity contribution in [1.82, 2.24) is 9.78 Å². The normalized spacial score (nSPS) is 12.4. The van der Waals surface area contributed by atoms with Crippen molar-refractivity contribution in [3.8, 4) is 5.75 Å². The molecule has 1 atom stereocenters. The monoisotopic (exact) mass is 352 g/mol. The Morgan fingerprint density at radius 1 is 1.38 bits per heavy atom. The number of nitrogens with zero attached hydrogens (tertiary/aromatic N) is 2. The maximum Gasteiger partial charge on any atom is 0.119 e. The molecule has 0 aliphatic carbocycles. The van der Waals surface area contributed by atoms with Crippen molar-refractivity contribution >= 4 is 15.9 Å². The number of ether oxygens (including phenoxy) is 1. The fourth-order valence-corrected chi connectivity index (χ4v) is 3.01. The zero-order chi connectivity index (χ0) is 15.4. The Hall–Kier alpha value is -1.33. The Kier molecular flexibility index (Phi) is 5.42. The van der Waals surface area contributed by atoms with Gasteiger partial charge in [-0.15, -0.1) is 0 Å². The second-order valence-electron chi connectivity index (χ2n) is 5.28. The molecule has 0 saturated carbocycles. The fourth-order valence-electron chi connectivity index (χ4n) is 2.51. The predicted octanol–water partition coefficient (Wildman–Crippen LogP) is 2.89. The highest BCUT2D eigenvalue weighted by atomic mass is 79.9. The van der Waals surface area contributed by atoms with Crippen LogP contribution in [-0.4, -0.2) is 28.6 Å². The smallest absolute Gasteiger partial charge is 0.119 e. The third-order valence-electron chi connectivity index (χ3n) is 3.66. The molecule has 1 aromatic heterocycles. The molecule has 0 spiro atoms. The van der Waals surface area contributed by atoms with E-state index in [1.807, 2.05) is 36.9 Å². The summed E-state index contributed by atoms with van der Waals surface area (Å²) in [5.41, 5.74) is 3.27. The lowest BCUT2D eigenvalue weighted by atomic mass is 9.95. The van der Waals surface area contributed by atoms with Gasteiger partial charge in [-0.2, -0.15) is 5.10 Å². The number of halogens is 1. The first-order chi connectivity index (χ1) is 10.0. The standard InChI is InChI=1S/C16H21BrN2O2/c1-11-16(17)15(19(2)18-11)9-13(10-20)7-12-5-4-6-14(8-12)21-3/h4-6,8,13,20H,7,9-10H2,1-3H3. The van der Waals surface area contributed by atoms with Crippen molar-refractivity contribution in [2.75, 3.05) is 13.7 Å². The van der Waals surface area contributed by atoms with Gasteiger partial charge in [-0.3, -0.25) is 4.68 Å². The quantitative estimate of drug-likeness (QED) is 0.869. The molecule has 0 aliphatic heterocycles. The summed E-state index contributed by atoms with van der Waals surface area (Å²) in [6, 6.07) is 7.99. The summed E-state index contributed by atoms with van der Waals surface area (Å²) < 4.78 is 8.16. The minimum atomic E-state index is 0.147. The highest BCUT2D eigenvalue weighted by Crippen LogP contribution is 2.25. The summed E-state index contributed by atoms with van der Waals surface area (Å²) in [6.45, 7) is 2.12. The molecule has 5 heteroatoms. The minimum absolute atomic E-state index is 0.147. The van der Waals surface area contributed by atoms with Gasteiger partial charge in [0.2, 0.25) is 0 Å². The van der Waals surface area contributed by atoms with E-state index >= 15 is 0 Å². The molecular weight excluding hydrogens is 332 g/mol. The number of aromatic nitrogens is 2. The lowest BCUT2D eigenvalue weighted by molar-refractivity contribution is 0.223. The van der Waals surface area contributed by atoms with E-state index in [-0.39, 0.29) is 12.5 Å². The van der Waals surface area contributed by atoms with Crippen molar-refractivity contribution < 1.29 is 9.84 Å². The van der Waals surface area contributed by atoms with Crippen LogP contribution in [0, 0.1) is 12.8 Å². The molecule has 1 heterocycles. The molecule has 1 unspecified atom stereocenters. The van der Waals surface area contributed by atoms with Gasteiger partial charge in [-0.25, -0.2) is 0 Å². The van der Waals surface area contributed by atoms with Gasteiger partial charge < -0.3 is 9.84 Å². The average Bonchev–Trinajstić information content (AvgIpc) is 2.73. The van der Waals surface area contributed by atoms with Crippen LogP contribution in [0.25, 0.3) is 0 Å². The van der Waals surface area contributed by atoms with Crippen LogP contribution in [0.15, 0.2) is 28.7 Å². The lowest BCUT2D eigenvalue weighted by Crippen LogP contribution is -2.15. The van der Waals surface area contributed by atoms with Crippen molar-refractivity contribution in [3.63, 3.8) is 0 Å². The molecule has 21 heavy (non-hydrogen) atoms. The van der Waals surface area contributed by atoms with Crippen LogP contribution in [0.2, 0.25) is 0 Å². The average molecular weight is 353 g/mol. The van der Waals surface area contributed by atoms with Crippen molar-refractivity contribution in [2.24, 2.45) is 13.0 Å². The molecule has 0 fully saturated rings. The number of aryl methyl sites for hydroxylation is 2. The molecule has 4 nitrogen and oxygen atoms in total. The summed E-state index contributed by atoms with van der Waals surface area (Å²) in [6.07, 6.45) is 1.59. The highest BCUT2D eigenvalue weighted by molar-refractivity contribution is 9.10. The van der Waals surface area contributed by atoms with Crippen molar-refractivity contribution in [1.29, 1.82) is 0 Å². The van der Waals surface area contributed by atoms with Gasteiger partial charge in [0.25, 0.3) is 0 Å². The maximum absolute atomic E-state index is 9.69. The first-order valence-corrected chi connectivity index (χ1v) is 7.76. The third kappa shape index (κ3) is 3.86. The van der Waals surface area contributed by atoms with E-state index in [1.165, 1.54) is 5.56 Å². The number of aliphatic hydroxyl groups excluding tert-OH is 1. The summed E-state index contributed by atoms with van der Waals surface area (Å²) in [5, 5.41) is 14.1. The molecule has 0 bridgehead atoms. The highest BCUT2D eigenvalue weighted by Gasteiger charge is 2.17. The van der Waals surface area contributed by atoms with Crippen LogP contribution in [0.4, 0.5) is 0 Å². The van der Waals surface area contributed by atoms with Crippen molar-refractivity contribution in [2.45, 2.75) is 19.8 Å². The molecule has 2 rings (SSSR count). The topological polar surface area (TPSA) is 47.3 Å².